The number of hydrogen-bond donors (Lipinski definition) is 1. The highest BCUT2D eigenvalue weighted by atomic mass is 19.1. The predicted octanol–water partition coefficient (Wildman–Crippen LogP) is 5.75. The number of carboxylic acid groups (broad SMARTS) is 1. The summed E-state index contributed by atoms with van der Waals surface area (Å²) >= 11 is 0. The molecule has 0 bridgehead atoms. The second-order valence-electron chi connectivity index (χ2n) is 12.8. The van der Waals surface area contributed by atoms with Crippen molar-refractivity contribution in [1.29, 1.82) is 0 Å². The van der Waals surface area contributed by atoms with Crippen LogP contribution in [0.2, 0.25) is 0 Å². The first-order chi connectivity index (χ1) is 20.8. The largest absolute Gasteiger partial charge is 0.492 e. The number of aromatic nitrogens is 1. The quantitative estimate of drug-likeness (QED) is 0.399. The number of fused-ring (bicyclic) bond motifs is 1. The van der Waals surface area contributed by atoms with Gasteiger partial charge in [0.2, 0.25) is 5.43 Å². The third kappa shape index (κ3) is 6.30. The Morgan fingerprint density at radius 2 is 1.82 bits per heavy atom. The Kier molecular flexibility index (Phi) is 8.73. The molecule has 1 amide bonds. The molecule has 3 aliphatic rings. The topological polar surface area (TPSA) is 118 Å². The van der Waals surface area contributed by atoms with Gasteiger partial charge in [-0.2, -0.15) is 0 Å². The molecule has 1 aromatic carbocycles. The predicted molar refractivity (Wildman–Crippen MR) is 160 cm³/mol. The van der Waals surface area contributed by atoms with Gasteiger partial charge in [-0.05, 0) is 70.9 Å². The number of methoxy groups -OCH3 is 1. The lowest BCUT2D eigenvalue weighted by Crippen LogP contribution is -2.43. The Morgan fingerprint density at radius 1 is 1.09 bits per heavy atom. The van der Waals surface area contributed by atoms with Crippen LogP contribution in [-0.4, -0.2) is 70.8 Å². The number of carbonyl (C=O) groups is 3. The lowest BCUT2D eigenvalue weighted by molar-refractivity contribution is -0.123. The Hall–Kier alpha value is -3.96. The minimum Gasteiger partial charge on any atom is -0.492 e. The first kappa shape index (κ1) is 31.5. The Morgan fingerprint density at radius 3 is 2.45 bits per heavy atom. The van der Waals surface area contributed by atoms with Gasteiger partial charge in [0.1, 0.15) is 22.7 Å². The molecule has 1 aliphatic carbocycles. The van der Waals surface area contributed by atoms with Gasteiger partial charge in [0, 0.05) is 44.7 Å². The summed E-state index contributed by atoms with van der Waals surface area (Å²) in [7, 11) is 1.36. The molecule has 0 spiro atoms. The van der Waals surface area contributed by atoms with Crippen LogP contribution in [0.1, 0.15) is 88.5 Å². The summed E-state index contributed by atoms with van der Waals surface area (Å²) in [5.74, 6) is -2.72. The number of piperidine rings is 1. The number of Topliss-reactive ketones (excluding diaryl/α,β-unsaturated/α-hetero) is 1. The molecule has 1 aromatic heterocycles. The Bertz CT molecular complexity index is 1590. The maximum atomic E-state index is 15.8. The van der Waals surface area contributed by atoms with Gasteiger partial charge in [-0.15, -0.1) is 0 Å². The molecule has 3 heterocycles. The van der Waals surface area contributed by atoms with E-state index in [1.807, 2.05) is 0 Å². The molecule has 0 unspecified atom stereocenters. The minimum absolute atomic E-state index is 0.0404. The maximum absolute atomic E-state index is 15.8. The zero-order valence-electron chi connectivity index (χ0n) is 25.6. The molecule has 2 saturated heterocycles. The number of allylic oxidation sites excluding steroid dienone is 1. The van der Waals surface area contributed by atoms with E-state index in [0.29, 0.717) is 49.9 Å². The van der Waals surface area contributed by atoms with Gasteiger partial charge in [0.25, 0.3) is 0 Å². The molecule has 12 heteroatoms. The third-order valence-corrected chi connectivity index (χ3v) is 8.40. The Balaban J connectivity index is 1.38. The standard InChI is InChI=1S/C32H39F2N3O7/c1-32(2,3)44-31(42)36-14-6-8-24(36)25(38)12-11-22(33)18-7-5-13-35(16-18)27-23(34)15-20-26(29(27)43-4)37(19-9-10-19)17-21(28(20)39)30(40)41/h15,17,19,24H,5-14,16H2,1-4H3,(H,40,41)/b22-18+/t24-/m0/s1. The van der Waals surface area contributed by atoms with Crippen molar-refractivity contribution in [2.75, 3.05) is 31.6 Å². The van der Waals surface area contributed by atoms with E-state index in [2.05, 4.69) is 0 Å². The lowest BCUT2D eigenvalue weighted by Gasteiger charge is -2.33. The molecular formula is C32H39F2N3O7. The zero-order valence-corrected chi connectivity index (χ0v) is 25.6. The van der Waals surface area contributed by atoms with E-state index in [-0.39, 0.29) is 48.0 Å². The summed E-state index contributed by atoms with van der Waals surface area (Å²) in [6.07, 6.45) is 4.24. The van der Waals surface area contributed by atoms with Crippen molar-refractivity contribution in [2.45, 2.75) is 89.8 Å². The van der Waals surface area contributed by atoms with Gasteiger partial charge in [0.15, 0.2) is 17.3 Å². The molecule has 2 aromatic rings. The molecule has 2 aliphatic heterocycles. The van der Waals surface area contributed by atoms with E-state index in [1.54, 1.807) is 30.2 Å². The van der Waals surface area contributed by atoms with E-state index < -0.39 is 46.3 Å². The maximum Gasteiger partial charge on any atom is 0.410 e. The minimum atomic E-state index is -1.39. The number of rotatable bonds is 8. The first-order valence-electron chi connectivity index (χ1n) is 15.1. The number of aromatic carboxylic acids is 1. The fraction of sp³-hybridized carbons (Fsp3) is 0.562. The molecule has 1 atom stereocenters. The summed E-state index contributed by atoms with van der Waals surface area (Å²) in [5.41, 5.74) is -1.09. The SMILES string of the molecule is COc1c(N2CCC/C(=C(\F)CCC(=O)[C@@H]3CCCN3C(=O)OC(C)(C)C)C2)c(F)cc2c(=O)c(C(=O)O)cn(C3CC3)c12. The number of carboxylic acids is 1. The highest BCUT2D eigenvalue weighted by Crippen LogP contribution is 2.44. The van der Waals surface area contributed by atoms with E-state index in [9.17, 15) is 24.3 Å². The van der Waals surface area contributed by atoms with Crippen LogP contribution in [0.5, 0.6) is 5.75 Å². The summed E-state index contributed by atoms with van der Waals surface area (Å²) in [4.78, 5) is 53.5. The number of ether oxygens (including phenoxy) is 2. The molecule has 238 valence electrons. The summed E-state index contributed by atoms with van der Waals surface area (Å²) < 4.78 is 44.1. The van der Waals surface area contributed by atoms with Crippen molar-refractivity contribution in [1.82, 2.24) is 9.47 Å². The normalized spacial score (nSPS) is 20.2. The van der Waals surface area contributed by atoms with Gasteiger partial charge in [-0.25, -0.2) is 18.4 Å². The fourth-order valence-electron chi connectivity index (χ4n) is 6.23. The van der Waals surface area contributed by atoms with Crippen molar-refractivity contribution in [2.24, 2.45) is 0 Å². The molecule has 3 fully saturated rings. The smallest absolute Gasteiger partial charge is 0.410 e. The first-order valence-corrected chi connectivity index (χ1v) is 15.1. The van der Waals surface area contributed by atoms with Crippen LogP contribution in [0, 0.1) is 5.82 Å². The number of likely N-dealkylation sites (tertiary alicyclic amines) is 1. The second-order valence-corrected chi connectivity index (χ2v) is 12.8. The van der Waals surface area contributed by atoms with Crippen molar-refractivity contribution < 1.29 is 37.7 Å². The number of nitrogens with zero attached hydrogens (tertiary/aromatic N) is 3. The van der Waals surface area contributed by atoms with Crippen LogP contribution in [0.15, 0.2) is 28.5 Å². The number of hydrogen-bond acceptors (Lipinski definition) is 7. The van der Waals surface area contributed by atoms with Gasteiger partial charge >= 0.3 is 12.1 Å². The van der Waals surface area contributed by atoms with Gasteiger partial charge in [-0.3, -0.25) is 14.5 Å². The average molecular weight is 616 g/mol. The molecule has 0 radical (unpaired) electrons. The number of pyridine rings is 1. The van der Waals surface area contributed by atoms with Crippen molar-refractivity contribution in [3.8, 4) is 5.75 Å². The molecule has 1 saturated carbocycles. The lowest BCUT2D eigenvalue weighted by atomic mass is 9.98. The molecule has 10 nitrogen and oxygen atoms in total. The highest BCUT2D eigenvalue weighted by Gasteiger charge is 2.37. The van der Waals surface area contributed by atoms with Crippen molar-refractivity contribution >= 4 is 34.4 Å². The monoisotopic (exact) mass is 615 g/mol. The molecular weight excluding hydrogens is 576 g/mol. The molecule has 44 heavy (non-hydrogen) atoms. The molecule has 1 N–H and O–H groups in total. The van der Waals surface area contributed by atoms with E-state index >= 15 is 8.78 Å². The summed E-state index contributed by atoms with van der Waals surface area (Å²) in [6, 6.07) is 0.361. The van der Waals surface area contributed by atoms with Gasteiger partial charge < -0.3 is 24.0 Å². The number of ketones is 1. The van der Waals surface area contributed by atoms with Crippen LogP contribution in [0.4, 0.5) is 19.3 Å². The number of benzene rings is 1. The van der Waals surface area contributed by atoms with Crippen molar-refractivity contribution in [3.05, 3.63) is 45.3 Å². The Labute approximate surface area is 254 Å². The van der Waals surface area contributed by atoms with E-state index in [1.165, 1.54) is 18.2 Å². The van der Waals surface area contributed by atoms with E-state index in [0.717, 1.165) is 18.9 Å². The van der Waals surface area contributed by atoms with Crippen LogP contribution in [-0.2, 0) is 9.53 Å². The fourth-order valence-corrected chi connectivity index (χ4v) is 6.23. The van der Waals surface area contributed by atoms with Crippen LogP contribution >= 0.6 is 0 Å². The highest BCUT2D eigenvalue weighted by molar-refractivity contribution is 5.97. The number of amides is 1. The summed E-state index contributed by atoms with van der Waals surface area (Å²) in [5, 5.41) is 9.49. The number of halogens is 2. The van der Waals surface area contributed by atoms with Gasteiger partial charge in [0.05, 0.1) is 24.1 Å². The average Bonchev–Trinajstić information content (AvgIpc) is 3.69. The second kappa shape index (κ2) is 12.2. The van der Waals surface area contributed by atoms with Crippen LogP contribution < -0.4 is 15.1 Å². The van der Waals surface area contributed by atoms with E-state index in [4.69, 9.17) is 9.47 Å². The van der Waals surface area contributed by atoms with Crippen molar-refractivity contribution in [3.63, 3.8) is 0 Å². The van der Waals surface area contributed by atoms with Crippen LogP contribution in [0.25, 0.3) is 10.9 Å². The third-order valence-electron chi connectivity index (χ3n) is 8.40. The summed E-state index contributed by atoms with van der Waals surface area (Å²) in [6.45, 7) is 6.15. The number of carbonyl (C=O) groups excluding carboxylic acids is 2. The van der Waals surface area contributed by atoms with Crippen LogP contribution in [0.3, 0.4) is 0 Å². The zero-order chi connectivity index (χ0) is 31.9. The number of anilines is 1. The van der Waals surface area contributed by atoms with Gasteiger partial charge in [-0.1, -0.05) is 0 Å². The molecule has 5 rings (SSSR count).